The van der Waals surface area contributed by atoms with Gasteiger partial charge in [0.25, 0.3) is 0 Å². The van der Waals surface area contributed by atoms with Crippen molar-refractivity contribution in [1.29, 1.82) is 0 Å². The van der Waals surface area contributed by atoms with E-state index in [0.29, 0.717) is 17.8 Å². The van der Waals surface area contributed by atoms with Crippen molar-refractivity contribution in [2.75, 3.05) is 6.54 Å². The highest BCUT2D eigenvalue weighted by atomic mass is 16.5. The van der Waals surface area contributed by atoms with Crippen molar-refractivity contribution in [3.63, 3.8) is 0 Å². The molecule has 0 amide bonds. The minimum Gasteiger partial charge on any atom is -0.339 e. The maximum atomic E-state index is 5.68. The van der Waals surface area contributed by atoms with Crippen LogP contribution >= 0.6 is 0 Å². The summed E-state index contributed by atoms with van der Waals surface area (Å²) < 4.78 is 5.43. The fourth-order valence-electron chi connectivity index (χ4n) is 3.31. The van der Waals surface area contributed by atoms with E-state index in [2.05, 4.69) is 30.9 Å². The Morgan fingerprint density at radius 2 is 2.10 bits per heavy atom. The maximum absolute atomic E-state index is 5.68. The average molecular weight is 279 g/mol. The summed E-state index contributed by atoms with van der Waals surface area (Å²) >= 11 is 0. The Morgan fingerprint density at radius 3 is 2.70 bits per heavy atom. The Hall–Kier alpha value is -0.900. The number of rotatable bonds is 7. The SMILES string of the molecule is CC1CCC(c2noc(CCC(CCN)C(C)C)n2)C1. The van der Waals surface area contributed by atoms with E-state index in [1.165, 1.54) is 19.3 Å². The third-order valence-corrected chi connectivity index (χ3v) is 4.75. The molecule has 3 unspecified atom stereocenters. The number of aromatic nitrogens is 2. The Morgan fingerprint density at radius 1 is 1.30 bits per heavy atom. The van der Waals surface area contributed by atoms with E-state index in [1.54, 1.807) is 0 Å². The van der Waals surface area contributed by atoms with Crippen molar-refractivity contribution < 1.29 is 4.52 Å². The number of aryl methyl sites for hydroxylation is 1. The van der Waals surface area contributed by atoms with Crippen molar-refractivity contribution in [3.05, 3.63) is 11.7 Å². The lowest BCUT2D eigenvalue weighted by atomic mass is 9.88. The van der Waals surface area contributed by atoms with Gasteiger partial charge in [-0.2, -0.15) is 4.98 Å². The highest BCUT2D eigenvalue weighted by molar-refractivity contribution is 4.99. The lowest BCUT2D eigenvalue weighted by molar-refractivity contribution is 0.312. The van der Waals surface area contributed by atoms with Gasteiger partial charge in [-0.15, -0.1) is 0 Å². The first-order valence-corrected chi connectivity index (χ1v) is 8.12. The predicted molar refractivity (Wildman–Crippen MR) is 80.4 cm³/mol. The molecular weight excluding hydrogens is 250 g/mol. The molecule has 1 fully saturated rings. The van der Waals surface area contributed by atoms with Crippen LogP contribution in [0.2, 0.25) is 0 Å². The van der Waals surface area contributed by atoms with E-state index in [9.17, 15) is 0 Å². The van der Waals surface area contributed by atoms with Crippen LogP contribution in [0.5, 0.6) is 0 Å². The molecule has 2 rings (SSSR count). The minimum absolute atomic E-state index is 0.521. The molecular formula is C16H29N3O. The third kappa shape index (κ3) is 4.05. The van der Waals surface area contributed by atoms with E-state index in [0.717, 1.165) is 43.4 Å². The van der Waals surface area contributed by atoms with Crippen molar-refractivity contribution in [2.45, 2.75) is 65.2 Å². The van der Waals surface area contributed by atoms with E-state index >= 15 is 0 Å². The molecule has 0 spiro atoms. The summed E-state index contributed by atoms with van der Waals surface area (Å²) in [5.74, 6) is 4.38. The molecule has 4 nitrogen and oxygen atoms in total. The molecule has 20 heavy (non-hydrogen) atoms. The molecule has 0 aromatic carbocycles. The molecule has 1 aromatic heterocycles. The van der Waals surface area contributed by atoms with E-state index < -0.39 is 0 Å². The fourth-order valence-corrected chi connectivity index (χ4v) is 3.31. The summed E-state index contributed by atoms with van der Waals surface area (Å²) in [6.07, 6.45) is 6.78. The van der Waals surface area contributed by atoms with Crippen LogP contribution < -0.4 is 5.73 Å². The van der Waals surface area contributed by atoms with Gasteiger partial charge in [-0.05, 0) is 56.4 Å². The first kappa shape index (κ1) is 15.5. The van der Waals surface area contributed by atoms with E-state index in [-0.39, 0.29) is 0 Å². The van der Waals surface area contributed by atoms with Gasteiger partial charge in [0.15, 0.2) is 5.82 Å². The van der Waals surface area contributed by atoms with Crippen LogP contribution in [0.25, 0.3) is 0 Å². The molecule has 0 aliphatic heterocycles. The zero-order valence-electron chi connectivity index (χ0n) is 13.1. The van der Waals surface area contributed by atoms with Crippen molar-refractivity contribution in [2.24, 2.45) is 23.5 Å². The summed E-state index contributed by atoms with van der Waals surface area (Å²) in [7, 11) is 0. The van der Waals surface area contributed by atoms with Gasteiger partial charge in [0.05, 0.1) is 0 Å². The maximum Gasteiger partial charge on any atom is 0.226 e. The first-order valence-electron chi connectivity index (χ1n) is 8.12. The van der Waals surface area contributed by atoms with Crippen molar-refractivity contribution in [3.8, 4) is 0 Å². The quantitative estimate of drug-likeness (QED) is 0.829. The summed E-state index contributed by atoms with van der Waals surface area (Å²) in [5.41, 5.74) is 5.68. The van der Waals surface area contributed by atoms with Gasteiger partial charge in [-0.1, -0.05) is 25.9 Å². The predicted octanol–water partition coefficient (Wildman–Crippen LogP) is 3.53. The number of nitrogens with zero attached hydrogens (tertiary/aromatic N) is 2. The molecule has 3 atom stereocenters. The Kier molecular flexibility index (Phi) is 5.58. The Balaban J connectivity index is 1.86. The van der Waals surface area contributed by atoms with Crippen LogP contribution in [0, 0.1) is 17.8 Å². The van der Waals surface area contributed by atoms with E-state index in [4.69, 9.17) is 10.3 Å². The summed E-state index contributed by atoms with van der Waals surface area (Å²) in [4.78, 5) is 4.61. The standard InChI is InChI=1S/C16H29N3O/c1-11(2)13(8-9-17)6-7-15-18-16(19-20-15)14-5-4-12(3)10-14/h11-14H,4-10,17H2,1-3H3. The van der Waals surface area contributed by atoms with Crippen LogP contribution in [-0.4, -0.2) is 16.7 Å². The average Bonchev–Trinajstić information content (AvgIpc) is 3.02. The van der Waals surface area contributed by atoms with Gasteiger partial charge in [-0.25, -0.2) is 0 Å². The fraction of sp³-hybridized carbons (Fsp3) is 0.875. The van der Waals surface area contributed by atoms with Gasteiger partial charge in [0.1, 0.15) is 0 Å². The summed E-state index contributed by atoms with van der Waals surface area (Å²) in [6.45, 7) is 7.60. The smallest absolute Gasteiger partial charge is 0.226 e. The van der Waals surface area contributed by atoms with Crippen LogP contribution in [0.1, 0.15) is 70.5 Å². The number of hydrogen-bond donors (Lipinski definition) is 1. The molecule has 1 aromatic rings. The first-order chi connectivity index (χ1) is 9.60. The van der Waals surface area contributed by atoms with Gasteiger partial charge in [0, 0.05) is 12.3 Å². The van der Waals surface area contributed by atoms with Crippen LogP contribution in [0.4, 0.5) is 0 Å². The molecule has 1 heterocycles. The zero-order chi connectivity index (χ0) is 14.5. The normalized spacial score (nSPS) is 24.4. The van der Waals surface area contributed by atoms with Gasteiger partial charge < -0.3 is 10.3 Å². The van der Waals surface area contributed by atoms with Crippen LogP contribution in [0.15, 0.2) is 4.52 Å². The highest BCUT2D eigenvalue weighted by Crippen LogP contribution is 2.36. The Bertz CT molecular complexity index is 402. The zero-order valence-corrected chi connectivity index (χ0v) is 13.1. The molecule has 0 radical (unpaired) electrons. The molecule has 1 aliphatic carbocycles. The lowest BCUT2D eigenvalue weighted by Gasteiger charge is -2.18. The van der Waals surface area contributed by atoms with Crippen LogP contribution in [-0.2, 0) is 6.42 Å². The van der Waals surface area contributed by atoms with Gasteiger partial charge in [-0.3, -0.25) is 0 Å². The number of hydrogen-bond acceptors (Lipinski definition) is 4. The molecule has 1 aliphatic rings. The lowest BCUT2D eigenvalue weighted by Crippen LogP contribution is -2.15. The second kappa shape index (κ2) is 7.21. The number of nitrogens with two attached hydrogens (primary N) is 1. The minimum atomic E-state index is 0.521. The van der Waals surface area contributed by atoms with Crippen molar-refractivity contribution in [1.82, 2.24) is 10.1 Å². The Labute approximate surface area is 122 Å². The highest BCUT2D eigenvalue weighted by Gasteiger charge is 2.26. The van der Waals surface area contributed by atoms with E-state index in [1.807, 2.05) is 0 Å². The van der Waals surface area contributed by atoms with Gasteiger partial charge in [0.2, 0.25) is 5.89 Å². The summed E-state index contributed by atoms with van der Waals surface area (Å²) in [5, 5.41) is 4.19. The molecule has 0 saturated heterocycles. The molecule has 1 saturated carbocycles. The second-order valence-electron chi connectivity index (χ2n) is 6.78. The van der Waals surface area contributed by atoms with Gasteiger partial charge >= 0.3 is 0 Å². The second-order valence-corrected chi connectivity index (χ2v) is 6.78. The van der Waals surface area contributed by atoms with Crippen molar-refractivity contribution >= 4 is 0 Å². The third-order valence-electron chi connectivity index (χ3n) is 4.75. The summed E-state index contributed by atoms with van der Waals surface area (Å²) in [6, 6.07) is 0. The van der Waals surface area contributed by atoms with Crippen LogP contribution in [0.3, 0.4) is 0 Å². The largest absolute Gasteiger partial charge is 0.339 e. The molecule has 0 bridgehead atoms. The molecule has 114 valence electrons. The molecule has 2 N–H and O–H groups in total. The topological polar surface area (TPSA) is 64.9 Å². The molecule has 4 heteroatoms. The monoisotopic (exact) mass is 279 g/mol.